The summed E-state index contributed by atoms with van der Waals surface area (Å²) in [6.07, 6.45) is 0.666. The Morgan fingerprint density at radius 3 is 2.20 bits per heavy atom. The second-order valence-electron chi connectivity index (χ2n) is 5.42. The lowest BCUT2D eigenvalue weighted by Crippen LogP contribution is -2.48. The van der Waals surface area contributed by atoms with Crippen LogP contribution < -0.4 is 0 Å². The molecular weight excluding hydrogens is 262 g/mol. The van der Waals surface area contributed by atoms with Gasteiger partial charge in [-0.3, -0.25) is 4.90 Å². The van der Waals surface area contributed by atoms with E-state index in [1.54, 1.807) is 27.7 Å². The van der Waals surface area contributed by atoms with Gasteiger partial charge in [-0.2, -0.15) is 0 Å². The molecule has 0 N–H and O–H groups in total. The lowest BCUT2D eigenvalue weighted by Gasteiger charge is -2.31. The zero-order chi connectivity index (χ0) is 15.8. The van der Waals surface area contributed by atoms with Crippen LogP contribution in [0.4, 0.5) is 4.79 Å². The Labute approximate surface area is 121 Å². The Kier molecular flexibility index (Phi) is 8.22. The molecule has 0 aromatic heterocycles. The molecule has 20 heavy (non-hydrogen) atoms. The summed E-state index contributed by atoms with van der Waals surface area (Å²) < 4.78 is 15.3. The number of carbonyl (C=O) groups excluding carboxylic acids is 2. The van der Waals surface area contributed by atoms with Crippen molar-refractivity contribution in [2.24, 2.45) is 0 Å². The topological polar surface area (TPSA) is 65.1 Å². The molecule has 0 aliphatic rings. The number of carbonyl (C=O) groups is 2. The maximum atomic E-state index is 12.2. The van der Waals surface area contributed by atoms with Crippen LogP contribution in [0.1, 0.15) is 47.5 Å². The van der Waals surface area contributed by atoms with E-state index in [1.807, 2.05) is 6.92 Å². The number of amides is 1. The lowest BCUT2D eigenvalue weighted by atomic mass is 10.1. The van der Waals surface area contributed by atoms with E-state index in [0.29, 0.717) is 6.42 Å². The van der Waals surface area contributed by atoms with Gasteiger partial charge in [0.2, 0.25) is 0 Å². The highest BCUT2D eigenvalue weighted by atomic mass is 16.6. The minimum Gasteiger partial charge on any atom is -0.464 e. The molecule has 0 rings (SSSR count). The predicted octanol–water partition coefficient (Wildman–Crippen LogP) is 2.56. The molecule has 0 radical (unpaired) electrons. The molecule has 0 unspecified atom stereocenters. The van der Waals surface area contributed by atoms with Gasteiger partial charge in [0.1, 0.15) is 18.4 Å². The fourth-order valence-electron chi connectivity index (χ4n) is 1.64. The number of hydrogen-bond acceptors (Lipinski definition) is 5. The first-order chi connectivity index (χ1) is 9.26. The van der Waals surface area contributed by atoms with Crippen LogP contribution in [-0.4, -0.2) is 49.1 Å². The highest BCUT2D eigenvalue weighted by Crippen LogP contribution is 2.15. The standard InChI is InChI=1S/C14H27NO5/c1-7-9-11(12(16)19-8-2)15(10-18-6)13(17)20-14(3,4)5/h11H,7-10H2,1-6H3/t11-/m0/s1. The number of esters is 1. The number of methoxy groups -OCH3 is 1. The molecule has 0 aliphatic heterocycles. The summed E-state index contributed by atoms with van der Waals surface area (Å²) in [6.45, 7) is 9.24. The van der Waals surface area contributed by atoms with Gasteiger partial charge in [0.05, 0.1) is 6.61 Å². The quantitative estimate of drug-likeness (QED) is 0.532. The predicted molar refractivity (Wildman–Crippen MR) is 75.3 cm³/mol. The zero-order valence-electron chi connectivity index (χ0n) is 13.4. The summed E-state index contributed by atoms with van der Waals surface area (Å²) in [7, 11) is 1.46. The molecule has 0 heterocycles. The van der Waals surface area contributed by atoms with Crippen LogP contribution in [0.3, 0.4) is 0 Å². The molecule has 6 nitrogen and oxygen atoms in total. The molecular formula is C14H27NO5. The Morgan fingerprint density at radius 1 is 1.20 bits per heavy atom. The van der Waals surface area contributed by atoms with Crippen molar-refractivity contribution in [3.8, 4) is 0 Å². The average Bonchev–Trinajstić information content (AvgIpc) is 2.31. The van der Waals surface area contributed by atoms with Crippen molar-refractivity contribution in [1.29, 1.82) is 0 Å². The second kappa shape index (κ2) is 8.79. The van der Waals surface area contributed by atoms with E-state index in [0.717, 1.165) is 6.42 Å². The van der Waals surface area contributed by atoms with Crippen molar-refractivity contribution in [3.05, 3.63) is 0 Å². The van der Waals surface area contributed by atoms with Gasteiger partial charge in [0.25, 0.3) is 0 Å². The maximum Gasteiger partial charge on any atom is 0.412 e. The number of nitrogens with zero attached hydrogens (tertiary/aromatic N) is 1. The third-order valence-electron chi connectivity index (χ3n) is 2.39. The average molecular weight is 289 g/mol. The van der Waals surface area contributed by atoms with Crippen molar-refractivity contribution in [3.63, 3.8) is 0 Å². The van der Waals surface area contributed by atoms with Gasteiger partial charge in [-0.1, -0.05) is 13.3 Å². The fraction of sp³-hybridized carbons (Fsp3) is 0.857. The van der Waals surface area contributed by atoms with Crippen LogP contribution in [0.5, 0.6) is 0 Å². The molecule has 0 bridgehead atoms. The van der Waals surface area contributed by atoms with Crippen LogP contribution in [0, 0.1) is 0 Å². The summed E-state index contributed by atoms with van der Waals surface area (Å²) in [5.74, 6) is -0.433. The summed E-state index contributed by atoms with van der Waals surface area (Å²) >= 11 is 0. The monoisotopic (exact) mass is 289 g/mol. The van der Waals surface area contributed by atoms with Gasteiger partial charge in [0.15, 0.2) is 0 Å². The van der Waals surface area contributed by atoms with E-state index in [1.165, 1.54) is 12.0 Å². The lowest BCUT2D eigenvalue weighted by molar-refractivity contribution is -0.151. The Morgan fingerprint density at radius 2 is 1.80 bits per heavy atom. The van der Waals surface area contributed by atoms with Gasteiger partial charge in [-0.15, -0.1) is 0 Å². The van der Waals surface area contributed by atoms with Gasteiger partial charge < -0.3 is 14.2 Å². The van der Waals surface area contributed by atoms with E-state index < -0.39 is 23.7 Å². The van der Waals surface area contributed by atoms with Gasteiger partial charge in [0, 0.05) is 7.11 Å². The molecule has 0 aliphatic carbocycles. The molecule has 0 aromatic rings. The number of ether oxygens (including phenoxy) is 3. The smallest absolute Gasteiger partial charge is 0.412 e. The minimum atomic E-state index is -0.685. The molecule has 0 saturated heterocycles. The van der Waals surface area contributed by atoms with Crippen LogP contribution >= 0.6 is 0 Å². The molecule has 6 heteroatoms. The van der Waals surface area contributed by atoms with Gasteiger partial charge in [-0.25, -0.2) is 9.59 Å². The van der Waals surface area contributed by atoms with Gasteiger partial charge in [-0.05, 0) is 34.1 Å². The second-order valence-corrected chi connectivity index (χ2v) is 5.42. The summed E-state index contributed by atoms with van der Waals surface area (Å²) in [5.41, 5.74) is -0.630. The van der Waals surface area contributed by atoms with Crippen LogP contribution in [0.15, 0.2) is 0 Å². The first kappa shape index (κ1) is 18.7. The molecule has 0 saturated carbocycles. The normalized spacial score (nSPS) is 12.7. The largest absolute Gasteiger partial charge is 0.464 e. The van der Waals surface area contributed by atoms with E-state index >= 15 is 0 Å². The molecule has 0 aromatic carbocycles. The maximum absolute atomic E-state index is 12.2. The first-order valence-corrected chi connectivity index (χ1v) is 6.92. The van der Waals surface area contributed by atoms with E-state index in [9.17, 15) is 9.59 Å². The molecule has 0 spiro atoms. The third kappa shape index (κ3) is 6.75. The SMILES string of the molecule is CCC[C@@H](C(=O)OCC)N(COC)C(=O)OC(C)(C)C. The van der Waals surface area contributed by atoms with Crippen molar-refractivity contribution >= 4 is 12.1 Å². The van der Waals surface area contributed by atoms with Crippen molar-refractivity contribution in [2.45, 2.75) is 59.1 Å². The van der Waals surface area contributed by atoms with Crippen molar-refractivity contribution in [2.75, 3.05) is 20.4 Å². The van der Waals surface area contributed by atoms with Crippen LogP contribution in [-0.2, 0) is 19.0 Å². The highest BCUT2D eigenvalue weighted by Gasteiger charge is 2.33. The third-order valence-corrected chi connectivity index (χ3v) is 2.39. The highest BCUT2D eigenvalue weighted by molar-refractivity contribution is 5.81. The first-order valence-electron chi connectivity index (χ1n) is 6.92. The number of hydrogen-bond donors (Lipinski definition) is 0. The zero-order valence-corrected chi connectivity index (χ0v) is 13.4. The summed E-state index contributed by atoms with van der Waals surface area (Å²) in [5, 5.41) is 0. The van der Waals surface area contributed by atoms with E-state index in [-0.39, 0.29) is 13.3 Å². The molecule has 1 amide bonds. The Balaban J connectivity index is 5.05. The molecule has 1 atom stereocenters. The molecule has 0 fully saturated rings. The number of rotatable bonds is 7. The Bertz CT molecular complexity index is 311. The minimum absolute atomic E-state index is 0.0155. The van der Waals surface area contributed by atoms with Crippen molar-refractivity contribution < 1.29 is 23.8 Å². The molecule has 118 valence electrons. The Hall–Kier alpha value is -1.30. The summed E-state index contributed by atoms with van der Waals surface area (Å²) in [6, 6.07) is -0.685. The fourth-order valence-corrected chi connectivity index (χ4v) is 1.64. The van der Waals surface area contributed by atoms with E-state index in [2.05, 4.69) is 0 Å². The van der Waals surface area contributed by atoms with E-state index in [4.69, 9.17) is 14.2 Å². The van der Waals surface area contributed by atoms with Crippen LogP contribution in [0.25, 0.3) is 0 Å². The summed E-state index contributed by atoms with van der Waals surface area (Å²) in [4.78, 5) is 25.5. The van der Waals surface area contributed by atoms with Gasteiger partial charge >= 0.3 is 12.1 Å². The van der Waals surface area contributed by atoms with Crippen molar-refractivity contribution in [1.82, 2.24) is 4.90 Å². The van der Waals surface area contributed by atoms with Crippen LogP contribution in [0.2, 0.25) is 0 Å².